The van der Waals surface area contributed by atoms with Crippen LogP contribution in [0, 0.1) is 17.0 Å². The van der Waals surface area contributed by atoms with Crippen LogP contribution in [0.3, 0.4) is 0 Å². The zero-order chi connectivity index (χ0) is 12.6. The number of hydroxylamine groups is 1. The van der Waals surface area contributed by atoms with Crippen molar-refractivity contribution in [1.82, 2.24) is 0 Å². The third-order valence-corrected chi connectivity index (χ3v) is 2.23. The number of nitrogens with zero attached hydrogens (tertiary/aromatic N) is 1. The minimum Gasteiger partial charge on any atom is -0.623 e. The summed E-state index contributed by atoms with van der Waals surface area (Å²) in [4.78, 5) is 0. The summed E-state index contributed by atoms with van der Waals surface area (Å²) in [6.45, 7) is 10.00. The third kappa shape index (κ3) is 5.80. The van der Waals surface area contributed by atoms with E-state index in [1.165, 1.54) is 0 Å². The van der Waals surface area contributed by atoms with Crippen LogP contribution in [-0.4, -0.2) is 16.0 Å². The van der Waals surface area contributed by atoms with Crippen LogP contribution in [0.15, 0.2) is 0 Å². The van der Waals surface area contributed by atoms with Gasteiger partial charge < -0.3 is 5.21 Å². The van der Waals surface area contributed by atoms with E-state index in [-0.39, 0.29) is 5.54 Å². The zero-order valence-corrected chi connectivity index (χ0v) is 11.4. The Bertz CT molecular complexity index is 286. The fourth-order valence-corrected chi connectivity index (χ4v) is 1.25. The summed E-state index contributed by atoms with van der Waals surface area (Å²) >= 11 is 0. The van der Waals surface area contributed by atoms with E-state index in [1.807, 2.05) is 20.8 Å². The highest BCUT2D eigenvalue weighted by Crippen LogP contribution is 2.08. The van der Waals surface area contributed by atoms with Gasteiger partial charge in [-0.25, -0.2) is 0 Å². The number of rotatable bonds is 4. The van der Waals surface area contributed by atoms with Crippen LogP contribution in [0.4, 0.5) is 0 Å². The molecule has 0 bridgehead atoms. The van der Waals surface area contributed by atoms with Gasteiger partial charge in [0.2, 0.25) is 5.71 Å². The number of unbranched alkanes of at least 4 members (excludes halogenated alkanes) is 2. The molecule has 92 valence electrons. The topological polar surface area (TPSA) is 26.1 Å². The Balaban J connectivity index is 4.87. The summed E-state index contributed by atoms with van der Waals surface area (Å²) in [6.07, 6.45) is 4.84. The van der Waals surface area contributed by atoms with Crippen LogP contribution in [-0.2, 0) is 0 Å². The molecule has 0 heterocycles. The van der Waals surface area contributed by atoms with Crippen LogP contribution < -0.4 is 0 Å². The Hall–Kier alpha value is -0.970. The molecule has 0 radical (unpaired) electrons. The van der Waals surface area contributed by atoms with Gasteiger partial charge in [0.25, 0.3) is 0 Å². The van der Waals surface area contributed by atoms with Gasteiger partial charge in [-0.1, -0.05) is 26.2 Å². The van der Waals surface area contributed by atoms with E-state index < -0.39 is 0 Å². The maximum Gasteiger partial charge on any atom is 0.238 e. The second kappa shape index (κ2) is 7.33. The standard InChI is InChI=1S/C14H25NO/c1-6-8-10-12-13(11-9-7-2)15(16)14(3,4)5/h6-9,11H2,1-5H3/b15-13+. The molecule has 2 heteroatoms. The predicted molar refractivity (Wildman–Crippen MR) is 70.6 cm³/mol. The molecule has 0 rings (SSSR count). The van der Waals surface area contributed by atoms with Crippen molar-refractivity contribution in [3.8, 4) is 11.8 Å². The van der Waals surface area contributed by atoms with Crippen molar-refractivity contribution in [3.63, 3.8) is 0 Å². The summed E-state index contributed by atoms with van der Waals surface area (Å²) < 4.78 is 1.07. The van der Waals surface area contributed by atoms with Crippen LogP contribution >= 0.6 is 0 Å². The molecule has 0 aliphatic heterocycles. The summed E-state index contributed by atoms with van der Waals surface area (Å²) in [5.74, 6) is 6.11. The van der Waals surface area contributed by atoms with E-state index in [0.717, 1.165) is 42.6 Å². The molecular weight excluding hydrogens is 198 g/mol. The van der Waals surface area contributed by atoms with Gasteiger partial charge in [-0.3, -0.25) is 0 Å². The largest absolute Gasteiger partial charge is 0.623 e. The van der Waals surface area contributed by atoms with E-state index in [0.29, 0.717) is 0 Å². The van der Waals surface area contributed by atoms with Gasteiger partial charge in [-0.2, -0.15) is 4.74 Å². The van der Waals surface area contributed by atoms with Crippen molar-refractivity contribution in [2.45, 2.75) is 72.3 Å². The summed E-state index contributed by atoms with van der Waals surface area (Å²) in [7, 11) is 0. The highest BCUT2D eigenvalue weighted by Gasteiger charge is 2.22. The minimum absolute atomic E-state index is 0.385. The lowest BCUT2D eigenvalue weighted by Crippen LogP contribution is -2.33. The van der Waals surface area contributed by atoms with Crippen molar-refractivity contribution in [1.29, 1.82) is 0 Å². The first kappa shape index (κ1) is 15.0. The Kier molecular flexibility index (Phi) is 6.88. The maximum absolute atomic E-state index is 12.0. The van der Waals surface area contributed by atoms with E-state index in [1.54, 1.807) is 0 Å². The van der Waals surface area contributed by atoms with E-state index in [9.17, 15) is 5.21 Å². The molecule has 16 heavy (non-hydrogen) atoms. The van der Waals surface area contributed by atoms with E-state index in [2.05, 4.69) is 25.7 Å². The molecular formula is C14H25NO. The quantitative estimate of drug-likeness (QED) is 0.234. The smallest absolute Gasteiger partial charge is 0.238 e. The monoisotopic (exact) mass is 223 g/mol. The first-order chi connectivity index (χ1) is 7.43. The lowest BCUT2D eigenvalue weighted by Gasteiger charge is -2.20. The summed E-state index contributed by atoms with van der Waals surface area (Å²) in [6, 6.07) is 0. The molecule has 0 aromatic heterocycles. The number of hydrogen-bond acceptors (Lipinski definition) is 1. The van der Waals surface area contributed by atoms with Gasteiger partial charge >= 0.3 is 0 Å². The Labute approximate surface area is 100 Å². The highest BCUT2D eigenvalue weighted by molar-refractivity contribution is 5.96. The van der Waals surface area contributed by atoms with Gasteiger partial charge in [-0.15, -0.1) is 0 Å². The first-order valence-electron chi connectivity index (χ1n) is 6.25. The van der Waals surface area contributed by atoms with E-state index >= 15 is 0 Å². The van der Waals surface area contributed by atoms with Gasteiger partial charge in [0, 0.05) is 33.6 Å². The molecule has 0 aliphatic rings. The molecule has 2 nitrogen and oxygen atoms in total. The summed E-state index contributed by atoms with van der Waals surface area (Å²) in [5, 5.41) is 12.0. The molecule has 0 aromatic rings. The average Bonchev–Trinajstić information content (AvgIpc) is 2.21. The average molecular weight is 223 g/mol. The van der Waals surface area contributed by atoms with Crippen LogP contribution in [0.2, 0.25) is 0 Å². The van der Waals surface area contributed by atoms with Gasteiger partial charge in [0.05, 0.1) is 0 Å². The normalized spacial score (nSPS) is 12.8. The molecule has 0 aromatic carbocycles. The second-order valence-corrected chi connectivity index (χ2v) is 5.07. The van der Waals surface area contributed by atoms with E-state index in [4.69, 9.17) is 0 Å². The van der Waals surface area contributed by atoms with Gasteiger partial charge in [0.1, 0.15) is 0 Å². The Morgan fingerprint density at radius 1 is 1.19 bits per heavy atom. The summed E-state index contributed by atoms with van der Waals surface area (Å²) in [5.41, 5.74) is 0.354. The van der Waals surface area contributed by atoms with Crippen molar-refractivity contribution < 1.29 is 4.74 Å². The lowest BCUT2D eigenvalue weighted by atomic mass is 10.1. The van der Waals surface area contributed by atoms with Crippen molar-refractivity contribution in [2.24, 2.45) is 0 Å². The molecule has 0 fully saturated rings. The fourth-order valence-electron chi connectivity index (χ4n) is 1.25. The third-order valence-electron chi connectivity index (χ3n) is 2.23. The first-order valence-corrected chi connectivity index (χ1v) is 6.25. The molecule has 0 unspecified atom stereocenters. The van der Waals surface area contributed by atoms with Crippen molar-refractivity contribution >= 4 is 5.71 Å². The molecule has 0 atom stereocenters. The van der Waals surface area contributed by atoms with Crippen molar-refractivity contribution in [2.75, 3.05) is 0 Å². The predicted octanol–water partition coefficient (Wildman–Crippen LogP) is 3.73. The highest BCUT2D eigenvalue weighted by atomic mass is 16.5. The fraction of sp³-hybridized carbons (Fsp3) is 0.786. The zero-order valence-electron chi connectivity index (χ0n) is 11.4. The minimum atomic E-state index is -0.385. The molecule has 0 saturated heterocycles. The molecule has 0 saturated carbocycles. The van der Waals surface area contributed by atoms with Crippen LogP contribution in [0.1, 0.15) is 66.7 Å². The maximum atomic E-state index is 12.0. The molecule has 0 aliphatic carbocycles. The van der Waals surface area contributed by atoms with Crippen LogP contribution in [0.25, 0.3) is 0 Å². The molecule has 0 amide bonds. The van der Waals surface area contributed by atoms with Gasteiger partial charge in [-0.05, 0) is 18.8 Å². The Morgan fingerprint density at radius 2 is 1.81 bits per heavy atom. The number of hydrogen-bond donors (Lipinski definition) is 0. The molecule has 0 spiro atoms. The SMILES string of the molecule is CCCC#C/C(CCCC)=[N+](/[O-])C(C)(C)C. The molecule has 0 N–H and O–H groups in total. The van der Waals surface area contributed by atoms with Crippen LogP contribution in [0.5, 0.6) is 0 Å². The second-order valence-electron chi connectivity index (χ2n) is 5.07. The lowest BCUT2D eigenvalue weighted by molar-refractivity contribution is -0.535. The van der Waals surface area contributed by atoms with Gasteiger partial charge in [0.15, 0.2) is 5.54 Å². The Morgan fingerprint density at radius 3 is 2.25 bits per heavy atom. The van der Waals surface area contributed by atoms with Crippen molar-refractivity contribution in [3.05, 3.63) is 5.21 Å².